The Morgan fingerprint density at radius 1 is 1.00 bits per heavy atom. The van der Waals surface area contributed by atoms with E-state index in [-0.39, 0.29) is 5.97 Å². The predicted molar refractivity (Wildman–Crippen MR) is 82.3 cm³/mol. The van der Waals surface area contributed by atoms with Crippen LogP contribution in [0.15, 0.2) is 67.3 Å². The van der Waals surface area contributed by atoms with Crippen molar-refractivity contribution in [1.29, 1.82) is 0 Å². The smallest absolute Gasteiger partial charge is 0.337 e. The highest BCUT2D eigenvalue weighted by molar-refractivity contribution is 5.91. The zero-order chi connectivity index (χ0) is 14.4. The molecule has 0 radical (unpaired) electrons. The lowest BCUT2D eigenvalue weighted by atomic mass is 10.0. The number of hydrogen-bond donors (Lipinski definition) is 0. The number of esters is 1. The van der Waals surface area contributed by atoms with Gasteiger partial charge in [-0.2, -0.15) is 0 Å². The standard InChI is InChI=1S/C18H16O2/c1-3-15(13-14-7-5-4-6-8-14)16-9-11-17(12-10-16)18(19)20-2/h3-13H,1H2,2H3/b15-13-. The minimum atomic E-state index is -0.330. The first-order valence-corrected chi connectivity index (χ1v) is 6.32. The molecule has 0 bridgehead atoms. The van der Waals surface area contributed by atoms with E-state index in [1.807, 2.05) is 42.5 Å². The van der Waals surface area contributed by atoms with Crippen molar-refractivity contribution in [2.75, 3.05) is 7.11 Å². The Morgan fingerprint density at radius 3 is 2.15 bits per heavy atom. The second-order valence-corrected chi connectivity index (χ2v) is 4.28. The van der Waals surface area contributed by atoms with E-state index in [0.29, 0.717) is 5.56 Å². The molecule has 0 N–H and O–H groups in total. The highest BCUT2D eigenvalue weighted by atomic mass is 16.5. The van der Waals surface area contributed by atoms with Crippen LogP contribution in [0.1, 0.15) is 21.5 Å². The zero-order valence-electron chi connectivity index (χ0n) is 11.4. The van der Waals surface area contributed by atoms with E-state index in [1.54, 1.807) is 18.2 Å². The van der Waals surface area contributed by atoms with Crippen molar-refractivity contribution in [1.82, 2.24) is 0 Å². The second-order valence-electron chi connectivity index (χ2n) is 4.28. The number of ether oxygens (including phenoxy) is 1. The van der Waals surface area contributed by atoms with Gasteiger partial charge in [0.2, 0.25) is 0 Å². The fourth-order valence-corrected chi connectivity index (χ4v) is 1.91. The Kier molecular flexibility index (Phi) is 4.51. The van der Waals surface area contributed by atoms with Crippen LogP contribution in [-0.2, 0) is 4.74 Å². The van der Waals surface area contributed by atoms with Crippen molar-refractivity contribution in [3.8, 4) is 0 Å². The molecule has 20 heavy (non-hydrogen) atoms. The summed E-state index contributed by atoms with van der Waals surface area (Å²) in [5.41, 5.74) is 3.67. The summed E-state index contributed by atoms with van der Waals surface area (Å²) in [6.45, 7) is 3.85. The number of methoxy groups -OCH3 is 1. The Hall–Kier alpha value is -2.61. The Bertz CT molecular complexity index is 622. The summed E-state index contributed by atoms with van der Waals surface area (Å²) in [6.07, 6.45) is 3.86. The monoisotopic (exact) mass is 264 g/mol. The maximum Gasteiger partial charge on any atom is 0.337 e. The number of hydrogen-bond acceptors (Lipinski definition) is 2. The summed E-state index contributed by atoms with van der Waals surface area (Å²) in [7, 11) is 1.38. The van der Waals surface area contributed by atoms with Gasteiger partial charge in [0.05, 0.1) is 12.7 Å². The van der Waals surface area contributed by atoms with E-state index in [1.165, 1.54) is 7.11 Å². The quantitative estimate of drug-likeness (QED) is 0.470. The molecule has 0 aliphatic heterocycles. The van der Waals surface area contributed by atoms with Crippen molar-refractivity contribution in [3.63, 3.8) is 0 Å². The maximum absolute atomic E-state index is 11.4. The van der Waals surface area contributed by atoms with Gasteiger partial charge in [0.15, 0.2) is 0 Å². The minimum absolute atomic E-state index is 0.330. The van der Waals surface area contributed by atoms with Crippen molar-refractivity contribution in [3.05, 3.63) is 83.9 Å². The molecule has 0 aliphatic carbocycles. The molecule has 0 aliphatic rings. The molecule has 0 fully saturated rings. The molecule has 0 saturated heterocycles. The number of carbonyl (C=O) groups is 1. The lowest BCUT2D eigenvalue weighted by Crippen LogP contribution is -2.00. The molecule has 2 aromatic carbocycles. The van der Waals surface area contributed by atoms with Gasteiger partial charge in [-0.3, -0.25) is 0 Å². The van der Waals surface area contributed by atoms with Crippen LogP contribution < -0.4 is 0 Å². The Morgan fingerprint density at radius 2 is 1.60 bits per heavy atom. The molecule has 0 aromatic heterocycles. The summed E-state index contributed by atoms with van der Waals surface area (Å²) < 4.78 is 4.68. The molecule has 2 heteroatoms. The first-order chi connectivity index (χ1) is 9.74. The average Bonchev–Trinajstić information content (AvgIpc) is 2.53. The number of carbonyl (C=O) groups excluding carboxylic acids is 1. The molecule has 0 atom stereocenters. The third-order valence-corrected chi connectivity index (χ3v) is 2.98. The number of benzene rings is 2. The maximum atomic E-state index is 11.4. The molecule has 100 valence electrons. The van der Waals surface area contributed by atoms with Crippen LogP contribution >= 0.6 is 0 Å². The van der Waals surface area contributed by atoms with Crippen LogP contribution in [0.25, 0.3) is 11.6 Å². The number of rotatable bonds is 4. The van der Waals surface area contributed by atoms with E-state index < -0.39 is 0 Å². The lowest BCUT2D eigenvalue weighted by molar-refractivity contribution is 0.0601. The van der Waals surface area contributed by atoms with Crippen molar-refractivity contribution >= 4 is 17.6 Å². The largest absolute Gasteiger partial charge is 0.465 e. The topological polar surface area (TPSA) is 26.3 Å². The van der Waals surface area contributed by atoms with Crippen LogP contribution in [0.5, 0.6) is 0 Å². The van der Waals surface area contributed by atoms with Crippen LogP contribution in [-0.4, -0.2) is 13.1 Å². The number of allylic oxidation sites excluding steroid dienone is 2. The third kappa shape index (κ3) is 3.23. The highest BCUT2D eigenvalue weighted by Gasteiger charge is 2.05. The van der Waals surface area contributed by atoms with E-state index >= 15 is 0 Å². The van der Waals surface area contributed by atoms with Gasteiger partial charge < -0.3 is 4.74 Å². The van der Waals surface area contributed by atoms with Gasteiger partial charge in [-0.1, -0.05) is 55.1 Å². The van der Waals surface area contributed by atoms with Gasteiger partial charge in [-0.15, -0.1) is 0 Å². The predicted octanol–water partition coefficient (Wildman–Crippen LogP) is 4.20. The highest BCUT2D eigenvalue weighted by Crippen LogP contribution is 2.20. The first-order valence-electron chi connectivity index (χ1n) is 6.32. The van der Waals surface area contributed by atoms with Crippen molar-refractivity contribution < 1.29 is 9.53 Å². The van der Waals surface area contributed by atoms with E-state index in [2.05, 4.69) is 17.4 Å². The van der Waals surface area contributed by atoms with Crippen molar-refractivity contribution in [2.24, 2.45) is 0 Å². The first kappa shape index (κ1) is 13.8. The molecule has 2 nitrogen and oxygen atoms in total. The molecule has 0 amide bonds. The fraction of sp³-hybridized carbons (Fsp3) is 0.0556. The normalized spacial score (nSPS) is 10.9. The Labute approximate surface area is 119 Å². The van der Waals surface area contributed by atoms with Gasteiger partial charge in [-0.05, 0) is 34.9 Å². The summed E-state index contributed by atoms with van der Waals surface area (Å²) in [4.78, 5) is 11.4. The van der Waals surface area contributed by atoms with Crippen LogP contribution in [0, 0.1) is 0 Å². The van der Waals surface area contributed by atoms with Gasteiger partial charge in [0.25, 0.3) is 0 Å². The Balaban J connectivity index is 2.31. The molecule has 0 unspecified atom stereocenters. The molecule has 0 heterocycles. The SMILES string of the molecule is C=C/C(=C/c1ccccc1)c1ccc(C(=O)OC)cc1. The van der Waals surface area contributed by atoms with Crippen LogP contribution in [0.4, 0.5) is 0 Å². The molecule has 0 saturated carbocycles. The van der Waals surface area contributed by atoms with Crippen LogP contribution in [0.3, 0.4) is 0 Å². The minimum Gasteiger partial charge on any atom is -0.465 e. The molecule has 0 spiro atoms. The van der Waals surface area contributed by atoms with Gasteiger partial charge in [-0.25, -0.2) is 4.79 Å². The van der Waals surface area contributed by atoms with E-state index in [4.69, 9.17) is 0 Å². The fourth-order valence-electron chi connectivity index (χ4n) is 1.91. The van der Waals surface area contributed by atoms with E-state index in [0.717, 1.165) is 16.7 Å². The molecular weight excluding hydrogens is 248 g/mol. The summed E-state index contributed by atoms with van der Waals surface area (Å²) >= 11 is 0. The van der Waals surface area contributed by atoms with Gasteiger partial charge in [0.1, 0.15) is 0 Å². The average molecular weight is 264 g/mol. The lowest BCUT2D eigenvalue weighted by Gasteiger charge is -2.05. The van der Waals surface area contributed by atoms with Crippen LogP contribution in [0.2, 0.25) is 0 Å². The second kappa shape index (κ2) is 6.53. The third-order valence-electron chi connectivity index (χ3n) is 2.98. The zero-order valence-corrected chi connectivity index (χ0v) is 11.4. The molecule has 2 rings (SSSR count). The van der Waals surface area contributed by atoms with Gasteiger partial charge in [0, 0.05) is 0 Å². The summed E-state index contributed by atoms with van der Waals surface area (Å²) in [6, 6.07) is 17.3. The van der Waals surface area contributed by atoms with Gasteiger partial charge >= 0.3 is 5.97 Å². The van der Waals surface area contributed by atoms with Crippen molar-refractivity contribution in [2.45, 2.75) is 0 Å². The summed E-state index contributed by atoms with van der Waals surface area (Å²) in [5, 5.41) is 0. The molecular formula is C18H16O2. The summed E-state index contributed by atoms with van der Waals surface area (Å²) in [5.74, 6) is -0.330. The molecule has 2 aromatic rings. The van der Waals surface area contributed by atoms with E-state index in [9.17, 15) is 4.79 Å².